The van der Waals surface area contributed by atoms with Gasteiger partial charge in [0, 0.05) is 31.3 Å². The summed E-state index contributed by atoms with van der Waals surface area (Å²) < 4.78 is 66.4. The molecule has 1 saturated heterocycles. The van der Waals surface area contributed by atoms with Gasteiger partial charge in [-0.3, -0.25) is 9.80 Å². The van der Waals surface area contributed by atoms with Crippen LogP contribution < -0.4 is 4.74 Å². The predicted molar refractivity (Wildman–Crippen MR) is 142 cm³/mol. The van der Waals surface area contributed by atoms with E-state index in [4.69, 9.17) is 9.47 Å². The lowest BCUT2D eigenvalue weighted by Gasteiger charge is -2.33. The first-order valence-electron chi connectivity index (χ1n) is 13.3. The maximum absolute atomic E-state index is 14.8. The van der Waals surface area contributed by atoms with Crippen molar-refractivity contribution in [2.45, 2.75) is 65.3 Å². The SMILES string of the molecule is CCN1CCC(CN2C(=O)O[C@H](c3cc(C)cc(C(F)(F)F)c3)[C@@H]2C)=C(c2cc(C(C)C)c(F)cc2OC)C1. The zero-order chi connectivity index (χ0) is 28.6. The lowest BCUT2D eigenvalue weighted by molar-refractivity contribution is -0.137. The van der Waals surface area contributed by atoms with Crippen molar-refractivity contribution in [3.63, 3.8) is 0 Å². The van der Waals surface area contributed by atoms with Crippen LogP contribution in [-0.2, 0) is 10.9 Å². The Morgan fingerprint density at radius 2 is 1.87 bits per heavy atom. The average molecular weight is 549 g/mol. The molecule has 4 rings (SSSR count). The number of alkyl halides is 3. The monoisotopic (exact) mass is 548 g/mol. The number of ether oxygens (including phenoxy) is 2. The first kappa shape index (κ1) is 28.9. The third kappa shape index (κ3) is 5.93. The smallest absolute Gasteiger partial charge is 0.416 e. The van der Waals surface area contributed by atoms with Crippen molar-refractivity contribution in [3.05, 3.63) is 69.5 Å². The minimum Gasteiger partial charge on any atom is -0.496 e. The summed E-state index contributed by atoms with van der Waals surface area (Å²) in [5.41, 5.74) is 3.36. The van der Waals surface area contributed by atoms with Crippen molar-refractivity contribution in [1.82, 2.24) is 9.80 Å². The largest absolute Gasteiger partial charge is 0.496 e. The number of aryl methyl sites for hydroxylation is 1. The van der Waals surface area contributed by atoms with E-state index in [1.54, 1.807) is 24.8 Å². The van der Waals surface area contributed by atoms with E-state index in [0.29, 0.717) is 35.4 Å². The number of hydrogen-bond donors (Lipinski definition) is 0. The summed E-state index contributed by atoms with van der Waals surface area (Å²) in [6.07, 6.45) is -5.21. The van der Waals surface area contributed by atoms with Gasteiger partial charge in [-0.1, -0.05) is 32.4 Å². The number of rotatable bonds is 7. The number of halogens is 4. The van der Waals surface area contributed by atoms with E-state index in [1.807, 2.05) is 19.9 Å². The molecule has 0 aromatic heterocycles. The lowest BCUT2D eigenvalue weighted by atomic mass is 9.89. The van der Waals surface area contributed by atoms with Gasteiger partial charge in [0.05, 0.1) is 18.7 Å². The summed E-state index contributed by atoms with van der Waals surface area (Å²) in [6, 6.07) is 6.55. The number of methoxy groups -OCH3 is 1. The molecule has 212 valence electrons. The number of hydrogen-bond acceptors (Lipinski definition) is 4. The summed E-state index contributed by atoms with van der Waals surface area (Å²) in [5, 5.41) is 0. The fraction of sp³-hybridized carbons (Fsp3) is 0.500. The standard InChI is InChI=1S/C30H36F4N2O3/c1-7-35-9-8-20(25(16-35)24-13-23(17(2)3)26(31)14-27(24)38-6)15-36-19(5)28(39-29(36)37)21-10-18(4)11-22(12-21)30(32,33)34/h10-14,17,19,28H,7-9,15-16H2,1-6H3/t19-,28-/m0/s1. The molecule has 0 N–H and O–H groups in total. The summed E-state index contributed by atoms with van der Waals surface area (Å²) in [4.78, 5) is 16.9. The molecule has 1 amide bonds. The fourth-order valence-electron chi connectivity index (χ4n) is 5.50. The molecule has 0 spiro atoms. The van der Waals surface area contributed by atoms with Crippen LogP contribution >= 0.6 is 0 Å². The molecular weight excluding hydrogens is 512 g/mol. The topological polar surface area (TPSA) is 42.0 Å². The quantitative estimate of drug-likeness (QED) is 0.340. The van der Waals surface area contributed by atoms with Gasteiger partial charge in [-0.05, 0) is 73.2 Å². The Morgan fingerprint density at radius 3 is 2.49 bits per heavy atom. The van der Waals surface area contributed by atoms with Gasteiger partial charge in [-0.25, -0.2) is 9.18 Å². The Kier molecular flexibility index (Phi) is 8.30. The van der Waals surface area contributed by atoms with E-state index in [0.717, 1.165) is 41.9 Å². The Bertz CT molecular complexity index is 1270. The van der Waals surface area contributed by atoms with Crippen LogP contribution in [0.15, 0.2) is 35.9 Å². The highest BCUT2D eigenvalue weighted by Crippen LogP contribution is 2.40. The van der Waals surface area contributed by atoms with Crippen molar-refractivity contribution in [1.29, 1.82) is 0 Å². The molecule has 2 aromatic rings. The fourth-order valence-corrected chi connectivity index (χ4v) is 5.50. The molecule has 5 nitrogen and oxygen atoms in total. The first-order valence-corrected chi connectivity index (χ1v) is 13.3. The van der Waals surface area contributed by atoms with Gasteiger partial charge in [-0.2, -0.15) is 13.2 Å². The summed E-state index contributed by atoms with van der Waals surface area (Å²) >= 11 is 0. The molecule has 2 aromatic carbocycles. The molecule has 9 heteroatoms. The molecule has 2 aliphatic heterocycles. The van der Waals surface area contributed by atoms with Crippen molar-refractivity contribution in [2.75, 3.05) is 33.3 Å². The first-order chi connectivity index (χ1) is 18.3. The van der Waals surface area contributed by atoms with Crippen LogP contribution in [0.4, 0.5) is 22.4 Å². The highest BCUT2D eigenvalue weighted by atomic mass is 19.4. The Hall–Kier alpha value is -3.07. The van der Waals surface area contributed by atoms with Crippen molar-refractivity contribution < 1.29 is 31.8 Å². The zero-order valence-electron chi connectivity index (χ0n) is 23.3. The predicted octanol–water partition coefficient (Wildman–Crippen LogP) is 7.35. The van der Waals surface area contributed by atoms with Crippen LogP contribution in [0.3, 0.4) is 0 Å². The van der Waals surface area contributed by atoms with Gasteiger partial charge >= 0.3 is 12.3 Å². The van der Waals surface area contributed by atoms with Crippen molar-refractivity contribution >= 4 is 11.7 Å². The molecule has 2 heterocycles. The van der Waals surface area contributed by atoms with Gasteiger partial charge in [-0.15, -0.1) is 0 Å². The van der Waals surface area contributed by atoms with Crippen molar-refractivity contribution in [2.24, 2.45) is 0 Å². The molecule has 0 unspecified atom stereocenters. The number of amides is 1. The second-order valence-electron chi connectivity index (χ2n) is 10.7. The van der Waals surface area contributed by atoms with Crippen LogP contribution in [0.1, 0.15) is 74.0 Å². The normalized spacial score (nSPS) is 20.7. The number of carbonyl (C=O) groups is 1. The van der Waals surface area contributed by atoms with E-state index in [2.05, 4.69) is 11.8 Å². The van der Waals surface area contributed by atoms with Crippen LogP contribution in [0.2, 0.25) is 0 Å². The average Bonchev–Trinajstić information content (AvgIpc) is 3.16. The number of cyclic esters (lactones) is 1. The van der Waals surface area contributed by atoms with Gasteiger partial charge in [0.2, 0.25) is 0 Å². The van der Waals surface area contributed by atoms with Crippen LogP contribution in [0.5, 0.6) is 5.75 Å². The number of nitrogens with zero attached hydrogens (tertiary/aromatic N) is 2. The highest BCUT2D eigenvalue weighted by molar-refractivity contribution is 5.78. The molecule has 0 bridgehead atoms. The van der Waals surface area contributed by atoms with E-state index in [9.17, 15) is 22.4 Å². The van der Waals surface area contributed by atoms with Gasteiger partial charge < -0.3 is 9.47 Å². The molecule has 2 aliphatic rings. The molecule has 0 aliphatic carbocycles. The second-order valence-corrected chi connectivity index (χ2v) is 10.7. The summed E-state index contributed by atoms with van der Waals surface area (Å²) in [7, 11) is 1.51. The second kappa shape index (κ2) is 11.2. The summed E-state index contributed by atoms with van der Waals surface area (Å²) in [5.74, 6) is 0.0680. The Labute approximate surface area is 227 Å². The molecule has 39 heavy (non-hydrogen) atoms. The number of likely N-dealkylation sites (N-methyl/N-ethyl adjacent to an activating group) is 1. The van der Waals surface area contributed by atoms with Gasteiger partial charge in [0.25, 0.3) is 0 Å². The van der Waals surface area contributed by atoms with Crippen LogP contribution in [0.25, 0.3) is 5.57 Å². The van der Waals surface area contributed by atoms with Crippen LogP contribution in [0, 0.1) is 12.7 Å². The maximum Gasteiger partial charge on any atom is 0.416 e. The van der Waals surface area contributed by atoms with E-state index in [1.165, 1.54) is 13.2 Å². The Balaban J connectivity index is 1.72. The lowest BCUT2D eigenvalue weighted by Crippen LogP contribution is -2.38. The molecule has 0 saturated carbocycles. The Morgan fingerprint density at radius 1 is 1.15 bits per heavy atom. The van der Waals surface area contributed by atoms with E-state index >= 15 is 0 Å². The molecular formula is C30H36F4N2O3. The third-order valence-corrected chi connectivity index (χ3v) is 7.76. The van der Waals surface area contributed by atoms with Crippen LogP contribution in [-0.4, -0.2) is 55.2 Å². The minimum atomic E-state index is -4.50. The number of benzene rings is 2. The van der Waals surface area contributed by atoms with Gasteiger partial charge in [0.1, 0.15) is 17.7 Å². The minimum absolute atomic E-state index is 0.0326. The van der Waals surface area contributed by atoms with E-state index in [-0.39, 0.29) is 18.3 Å². The van der Waals surface area contributed by atoms with Gasteiger partial charge in [0.15, 0.2) is 0 Å². The van der Waals surface area contributed by atoms with E-state index < -0.39 is 30.0 Å². The molecule has 0 radical (unpaired) electrons. The maximum atomic E-state index is 14.8. The highest BCUT2D eigenvalue weighted by Gasteiger charge is 2.42. The molecule has 1 fully saturated rings. The summed E-state index contributed by atoms with van der Waals surface area (Å²) in [6.45, 7) is 11.8. The number of carbonyl (C=O) groups excluding carboxylic acids is 1. The van der Waals surface area contributed by atoms with Crippen molar-refractivity contribution in [3.8, 4) is 5.75 Å². The third-order valence-electron chi connectivity index (χ3n) is 7.76. The zero-order valence-corrected chi connectivity index (χ0v) is 23.3. The molecule has 2 atom stereocenters.